The van der Waals surface area contributed by atoms with Crippen LogP contribution in [0.1, 0.15) is 16.2 Å². The van der Waals surface area contributed by atoms with E-state index in [1.807, 2.05) is 20.0 Å². The van der Waals surface area contributed by atoms with Crippen LogP contribution in [0.25, 0.3) is 11.2 Å². The van der Waals surface area contributed by atoms with E-state index in [0.29, 0.717) is 16.9 Å². The Bertz CT molecular complexity index is 805. The molecule has 0 radical (unpaired) electrons. The van der Waals surface area contributed by atoms with Gasteiger partial charge in [0, 0.05) is 12.7 Å². The molecule has 0 saturated carbocycles. The summed E-state index contributed by atoms with van der Waals surface area (Å²) in [6.45, 7) is 1.92. The van der Waals surface area contributed by atoms with E-state index in [9.17, 15) is 4.79 Å². The van der Waals surface area contributed by atoms with Crippen LogP contribution in [0.15, 0.2) is 18.5 Å². The average Bonchev–Trinajstić information content (AvgIpc) is 2.98. The Labute approximate surface area is 119 Å². The van der Waals surface area contributed by atoms with E-state index in [1.54, 1.807) is 10.6 Å². The number of anilines is 1. The fraction of sp³-hybridized carbons (Fsp3) is 0.167. The van der Waals surface area contributed by atoms with Gasteiger partial charge >= 0.3 is 0 Å². The third-order valence-corrected chi connectivity index (χ3v) is 3.35. The van der Waals surface area contributed by atoms with Crippen LogP contribution >= 0.6 is 11.6 Å². The van der Waals surface area contributed by atoms with Crippen LogP contribution in [-0.2, 0) is 7.05 Å². The molecule has 0 spiro atoms. The molecular formula is C12H11ClN6O. The summed E-state index contributed by atoms with van der Waals surface area (Å²) < 4.78 is 1.78. The number of aromatic amines is 1. The lowest BCUT2D eigenvalue weighted by molar-refractivity contribution is 0.101. The van der Waals surface area contributed by atoms with Crippen molar-refractivity contribution in [3.05, 3.63) is 35.0 Å². The minimum Gasteiger partial charge on any atom is -0.344 e. The Balaban J connectivity index is 1.93. The van der Waals surface area contributed by atoms with Crippen LogP contribution in [0, 0.1) is 6.92 Å². The van der Waals surface area contributed by atoms with E-state index in [-0.39, 0.29) is 17.0 Å². The number of nitrogens with zero attached hydrogens (tertiary/aromatic N) is 4. The number of imidazole rings is 1. The molecule has 102 valence electrons. The molecule has 3 aromatic rings. The first-order valence-corrected chi connectivity index (χ1v) is 6.24. The largest absolute Gasteiger partial charge is 0.344 e. The van der Waals surface area contributed by atoms with Crippen LogP contribution in [-0.4, -0.2) is 30.4 Å². The molecule has 3 aromatic heterocycles. The number of nitrogens with one attached hydrogen (secondary N) is 2. The van der Waals surface area contributed by atoms with Crippen molar-refractivity contribution in [2.24, 2.45) is 7.05 Å². The Kier molecular flexibility index (Phi) is 2.90. The van der Waals surface area contributed by atoms with Gasteiger partial charge in [0.05, 0.1) is 6.33 Å². The topological polar surface area (TPSA) is 88.5 Å². The van der Waals surface area contributed by atoms with Crippen LogP contribution < -0.4 is 5.32 Å². The highest BCUT2D eigenvalue weighted by molar-refractivity contribution is 6.33. The Morgan fingerprint density at radius 2 is 2.20 bits per heavy atom. The van der Waals surface area contributed by atoms with Gasteiger partial charge in [-0.2, -0.15) is 9.97 Å². The van der Waals surface area contributed by atoms with Crippen molar-refractivity contribution in [2.75, 3.05) is 5.32 Å². The van der Waals surface area contributed by atoms with Crippen molar-refractivity contribution in [3.8, 4) is 0 Å². The summed E-state index contributed by atoms with van der Waals surface area (Å²) in [6, 6.07) is 3.60. The number of hydrogen-bond acceptors (Lipinski definition) is 4. The number of aryl methyl sites for hydroxylation is 1. The standard InChI is InChI=1S/C12H11ClN6O/c1-6-3-4-7(19(6)2)11(20)18-12-16-9(13)8-10(17-12)15-5-14-8/h3-5H,1-2H3,(H2,14,15,16,17,18,20). The molecule has 0 atom stereocenters. The molecule has 0 unspecified atom stereocenters. The molecule has 20 heavy (non-hydrogen) atoms. The first-order valence-electron chi connectivity index (χ1n) is 5.86. The van der Waals surface area contributed by atoms with Crippen molar-refractivity contribution < 1.29 is 4.79 Å². The maximum atomic E-state index is 12.2. The third kappa shape index (κ3) is 2.01. The van der Waals surface area contributed by atoms with Crippen LogP contribution in [0.4, 0.5) is 5.95 Å². The smallest absolute Gasteiger partial charge is 0.274 e. The highest BCUT2D eigenvalue weighted by Gasteiger charge is 2.14. The van der Waals surface area contributed by atoms with E-state index < -0.39 is 0 Å². The van der Waals surface area contributed by atoms with Gasteiger partial charge in [-0.25, -0.2) is 4.98 Å². The van der Waals surface area contributed by atoms with Gasteiger partial charge in [-0.3, -0.25) is 10.1 Å². The van der Waals surface area contributed by atoms with Gasteiger partial charge in [0.1, 0.15) is 11.2 Å². The normalized spacial score (nSPS) is 10.9. The first kappa shape index (κ1) is 12.6. The number of fused-ring (bicyclic) bond motifs is 1. The van der Waals surface area contributed by atoms with Gasteiger partial charge in [0.15, 0.2) is 10.8 Å². The summed E-state index contributed by atoms with van der Waals surface area (Å²) in [5.74, 6) is -0.176. The van der Waals surface area contributed by atoms with Crippen molar-refractivity contribution in [2.45, 2.75) is 6.92 Å². The van der Waals surface area contributed by atoms with Crippen LogP contribution in [0.5, 0.6) is 0 Å². The molecule has 7 nitrogen and oxygen atoms in total. The van der Waals surface area contributed by atoms with Crippen molar-refractivity contribution in [1.82, 2.24) is 24.5 Å². The third-order valence-electron chi connectivity index (χ3n) is 3.07. The lowest BCUT2D eigenvalue weighted by Gasteiger charge is -2.06. The molecule has 0 saturated heterocycles. The predicted molar refractivity (Wildman–Crippen MR) is 74.8 cm³/mol. The van der Waals surface area contributed by atoms with Gasteiger partial charge in [0.25, 0.3) is 5.91 Å². The molecular weight excluding hydrogens is 280 g/mol. The number of halogens is 1. The van der Waals surface area contributed by atoms with E-state index >= 15 is 0 Å². The molecule has 0 bridgehead atoms. The zero-order chi connectivity index (χ0) is 14.3. The average molecular weight is 291 g/mol. The zero-order valence-electron chi connectivity index (χ0n) is 10.8. The number of rotatable bonds is 2. The van der Waals surface area contributed by atoms with Gasteiger partial charge in [-0.1, -0.05) is 11.6 Å². The highest BCUT2D eigenvalue weighted by atomic mass is 35.5. The summed E-state index contributed by atoms with van der Waals surface area (Å²) in [7, 11) is 1.81. The molecule has 0 aliphatic heterocycles. The van der Waals surface area contributed by atoms with Gasteiger partial charge in [-0.15, -0.1) is 0 Å². The van der Waals surface area contributed by atoms with E-state index in [4.69, 9.17) is 11.6 Å². The minimum absolute atomic E-state index is 0.124. The number of carbonyl (C=O) groups is 1. The number of H-pyrrole nitrogens is 1. The van der Waals surface area contributed by atoms with Crippen molar-refractivity contribution in [1.29, 1.82) is 0 Å². The number of carbonyl (C=O) groups excluding carboxylic acids is 1. The zero-order valence-corrected chi connectivity index (χ0v) is 11.6. The van der Waals surface area contributed by atoms with Gasteiger partial charge in [0.2, 0.25) is 5.95 Å². The van der Waals surface area contributed by atoms with E-state index in [1.165, 1.54) is 6.33 Å². The Morgan fingerprint density at radius 1 is 1.40 bits per heavy atom. The number of aromatic nitrogens is 5. The molecule has 0 aliphatic rings. The minimum atomic E-state index is -0.299. The van der Waals surface area contributed by atoms with Gasteiger partial charge < -0.3 is 9.55 Å². The van der Waals surface area contributed by atoms with Crippen molar-refractivity contribution in [3.63, 3.8) is 0 Å². The first-order chi connectivity index (χ1) is 9.56. The summed E-state index contributed by atoms with van der Waals surface area (Å²) in [4.78, 5) is 27.1. The summed E-state index contributed by atoms with van der Waals surface area (Å²) >= 11 is 5.99. The highest BCUT2D eigenvalue weighted by Crippen LogP contribution is 2.18. The second kappa shape index (κ2) is 4.61. The SMILES string of the molecule is Cc1ccc(C(=O)Nc2nc(Cl)c3[nH]cnc3n2)n1C. The molecule has 3 rings (SSSR count). The maximum Gasteiger partial charge on any atom is 0.274 e. The molecule has 1 amide bonds. The quantitative estimate of drug-likeness (QED) is 0.706. The second-order valence-electron chi connectivity index (χ2n) is 4.31. The molecule has 0 aliphatic carbocycles. The monoisotopic (exact) mass is 290 g/mol. The molecule has 2 N–H and O–H groups in total. The van der Waals surface area contributed by atoms with E-state index in [0.717, 1.165) is 5.69 Å². The second-order valence-corrected chi connectivity index (χ2v) is 4.67. The molecule has 8 heteroatoms. The fourth-order valence-corrected chi connectivity index (χ4v) is 2.08. The summed E-state index contributed by atoms with van der Waals surface area (Å²) in [5.41, 5.74) is 2.45. The maximum absolute atomic E-state index is 12.2. The van der Waals surface area contributed by atoms with Crippen LogP contribution in [0.2, 0.25) is 5.15 Å². The summed E-state index contributed by atoms with van der Waals surface area (Å²) in [6.07, 6.45) is 1.47. The number of amides is 1. The number of hydrogen-bond donors (Lipinski definition) is 2. The lowest BCUT2D eigenvalue weighted by Crippen LogP contribution is -2.17. The molecule has 0 fully saturated rings. The summed E-state index contributed by atoms with van der Waals surface area (Å²) in [5, 5.41) is 2.83. The lowest BCUT2D eigenvalue weighted by atomic mass is 10.4. The van der Waals surface area contributed by atoms with Crippen LogP contribution in [0.3, 0.4) is 0 Å². The van der Waals surface area contributed by atoms with E-state index in [2.05, 4.69) is 25.3 Å². The Hall–Kier alpha value is -2.41. The van der Waals surface area contributed by atoms with Crippen molar-refractivity contribution >= 4 is 34.6 Å². The fourth-order valence-electron chi connectivity index (χ4n) is 1.86. The molecule has 3 heterocycles. The molecule has 0 aromatic carbocycles. The Morgan fingerprint density at radius 3 is 2.90 bits per heavy atom. The van der Waals surface area contributed by atoms with Gasteiger partial charge in [-0.05, 0) is 19.1 Å². The predicted octanol–water partition coefficient (Wildman–Crippen LogP) is 1.91.